The number of benzene rings is 2. The fourth-order valence-electron chi connectivity index (χ4n) is 5.26. The zero-order chi connectivity index (χ0) is 27.6. The summed E-state index contributed by atoms with van der Waals surface area (Å²) in [5.74, 6) is 1.45. The van der Waals surface area contributed by atoms with Crippen molar-refractivity contribution in [3.05, 3.63) is 68.9 Å². The van der Waals surface area contributed by atoms with Crippen LogP contribution in [0.2, 0.25) is 0 Å². The Labute approximate surface area is 237 Å². The maximum Gasteiger partial charge on any atom is 0.410 e. The molecule has 8 nitrogen and oxygen atoms in total. The van der Waals surface area contributed by atoms with Crippen molar-refractivity contribution in [3.8, 4) is 11.5 Å². The van der Waals surface area contributed by atoms with E-state index in [2.05, 4.69) is 20.8 Å². The molecule has 2 aromatic carbocycles. The third kappa shape index (κ3) is 6.58. The highest BCUT2D eigenvalue weighted by atomic mass is 79.9. The number of fused-ring (bicyclic) bond motifs is 2. The summed E-state index contributed by atoms with van der Waals surface area (Å²) >= 11 is 3.59. The second kappa shape index (κ2) is 11.6. The molecule has 1 amide bonds. The van der Waals surface area contributed by atoms with Crippen LogP contribution in [0.25, 0.3) is 10.9 Å². The molecule has 1 fully saturated rings. The first-order valence-electron chi connectivity index (χ1n) is 13.6. The zero-order valence-electron chi connectivity index (χ0n) is 22.8. The van der Waals surface area contributed by atoms with E-state index >= 15 is 0 Å². The van der Waals surface area contributed by atoms with E-state index in [1.165, 1.54) is 0 Å². The molecule has 9 heteroatoms. The van der Waals surface area contributed by atoms with Gasteiger partial charge in [0.15, 0.2) is 11.5 Å². The number of ether oxygens (including phenoxy) is 3. The lowest BCUT2D eigenvalue weighted by molar-refractivity contribution is 0.00562. The third-order valence-corrected chi connectivity index (χ3v) is 7.90. The molecule has 39 heavy (non-hydrogen) atoms. The van der Waals surface area contributed by atoms with Gasteiger partial charge in [-0.25, -0.2) is 4.79 Å². The fourth-order valence-corrected chi connectivity index (χ4v) is 5.75. The number of carbonyl (C=O) groups is 1. The molecule has 0 radical (unpaired) electrons. The number of aromatic nitrogens is 1. The van der Waals surface area contributed by atoms with Crippen LogP contribution in [0.1, 0.15) is 39.2 Å². The first-order chi connectivity index (χ1) is 18.7. The van der Waals surface area contributed by atoms with Gasteiger partial charge in [0.05, 0.1) is 5.52 Å². The Balaban J connectivity index is 1.26. The van der Waals surface area contributed by atoms with Gasteiger partial charge in [-0.1, -0.05) is 28.1 Å². The van der Waals surface area contributed by atoms with E-state index in [1.807, 2.05) is 72.7 Å². The van der Waals surface area contributed by atoms with Crippen LogP contribution in [0, 0.1) is 0 Å². The van der Waals surface area contributed by atoms with Crippen molar-refractivity contribution in [2.75, 3.05) is 32.8 Å². The number of nitrogens with zero attached hydrogens (tertiary/aromatic N) is 3. The molecule has 0 spiro atoms. The van der Waals surface area contributed by atoms with Gasteiger partial charge >= 0.3 is 6.09 Å². The Hall–Kier alpha value is -3.04. The summed E-state index contributed by atoms with van der Waals surface area (Å²) in [7, 11) is 0. The molecule has 5 rings (SSSR count). The van der Waals surface area contributed by atoms with Gasteiger partial charge in [0.2, 0.25) is 0 Å². The lowest BCUT2D eigenvalue weighted by atomic mass is 10.0. The van der Waals surface area contributed by atoms with Gasteiger partial charge in [0.1, 0.15) is 18.8 Å². The zero-order valence-corrected chi connectivity index (χ0v) is 24.4. The van der Waals surface area contributed by atoms with Crippen molar-refractivity contribution in [3.63, 3.8) is 0 Å². The topological polar surface area (TPSA) is 73.2 Å². The highest BCUT2D eigenvalue weighted by Crippen LogP contribution is 2.32. The van der Waals surface area contributed by atoms with E-state index < -0.39 is 5.60 Å². The molecule has 0 unspecified atom stereocenters. The van der Waals surface area contributed by atoms with Crippen LogP contribution in [0.3, 0.4) is 0 Å². The van der Waals surface area contributed by atoms with Crippen LogP contribution in [-0.4, -0.2) is 65.0 Å². The summed E-state index contributed by atoms with van der Waals surface area (Å²) in [6.45, 7) is 10.3. The molecular formula is C30H36BrN3O5. The number of likely N-dealkylation sites (tertiary alicyclic amines) is 1. The second-order valence-corrected chi connectivity index (χ2v) is 12.0. The van der Waals surface area contributed by atoms with Crippen molar-refractivity contribution < 1.29 is 19.0 Å². The van der Waals surface area contributed by atoms with Gasteiger partial charge in [-0.3, -0.25) is 4.79 Å². The van der Waals surface area contributed by atoms with Crippen LogP contribution in [0.15, 0.2) is 57.8 Å². The molecular weight excluding hydrogens is 562 g/mol. The summed E-state index contributed by atoms with van der Waals surface area (Å²) in [4.78, 5) is 30.2. The predicted molar refractivity (Wildman–Crippen MR) is 155 cm³/mol. The molecule has 0 aliphatic carbocycles. The highest BCUT2D eigenvalue weighted by molar-refractivity contribution is 9.10. The lowest BCUT2D eigenvalue weighted by Crippen LogP contribution is -2.49. The minimum Gasteiger partial charge on any atom is -0.486 e. The van der Waals surface area contributed by atoms with Gasteiger partial charge in [-0.05, 0) is 69.5 Å². The molecule has 1 aromatic heterocycles. The van der Waals surface area contributed by atoms with Gasteiger partial charge in [0, 0.05) is 54.7 Å². The molecule has 2 aliphatic heterocycles. The Morgan fingerprint density at radius 2 is 1.77 bits per heavy atom. The Morgan fingerprint density at radius 3 is 2.51 bits per heavy atom. The van der Waals surface area contributed by atoms with Crippen LogP contribution in [0.4, 0.5) is 4.79 Å². The average molecular weight is 599 g/mol. The number of pyridine rings is 1. The number of carbonyl (C=O) groups excluding carboxylic acids is 1. The van der Waals surface area contributed by atoms with Gasteiger partial charge < -0.3 is 28.6 Å². The van der Waals surface area contributed by atoms with E-state index in [9.17, 15) is 9.59 Å². The fraction of sp³-hybridized carbons (Fsp3) is 0.467. The van der Waals surface area contributed by atoms with Crippen LogP contribution >= 0.6 is 15.9 Å². The minimum atomic E-state index is -0.580. The quantitative estimate of drug-likeness (QED) is 0.377. The van der Waals surface area contributed by atoms with Crippen LogP contribution in [0.5, 0.6) is 11.5 Å². The van der Waals surface area contributed by atoms with Crippen LogP contribution in [-0.2, 0) is 17.8 Å². The van der Waals surface area contributed by atoms with Crippen molar-refractivity contribution in [2.24, 2.45) is 0 Å². The SMILES string of the molecule is CC(C)(C)OC(=O)N(Cc1ccc2c(c1)OCCO2)C1CCN(CCn2c(=O)ccc3c(Br)cccc32)CC1. The summed E-state index contributed by atoms with van der Waals surface area (Å²) in [6.07, 6.45) is 1.36. The molecule has 3 heterocycles. The second-order valence-electron chi connectivity index (χ2n) is 11.2. The van der Waals surface area contributed by atoms with Crippen molar-refractivity contribution in [1.82, 2.24) is 14.4 Å². The highest BCUT2D eigenvalue weighted by Gasteiger charge is 2.31. The maximum atomic E-state index is 13.3. The van der Waals surface area contributed by atoms with Gasteiger partial charge in [-0.2, -0.15) is 0 Å². The first-order valence-corrected chi connectivity index (χ1v) is 14.4. The van der Waals surface area contributed by atoms with Gasteiger partial charge in [-0.15, -0.1) is 0 Å². The number of hydrogen-bond acceptors (Lipinski definition) is 6. The standard InChI is InChI=1S/C30H36BrN3O5/c1-30(2,3)39-29(36)34(20-21-7-9-26-27(19-21)38-18-17-37-26)22-11-13-32(14-12-22)15-16-33-25-6-4-5-24(31)23(25)8-10-28(33)35/h4-10,19,22H,11-18,20H2,1-3H3. The number of hydrogen-bond donors (Lipinski definition) is 0. The molecule has 1 saturated heterocycles. The molecule has 0 bridgehead atoms. The summed E-state index contributed by atoms with van der Waals surface area (Å²) in [5.41, 5.74) is 1.34. The van der Waals surface area contributed by atoms with Crippen molar-refractivity contribution >= 4 is 32.9 Å². The Kier molecular flexibility index (Phi) is 8.19. The normalized spacial score (nSPS) is 16.3. The molecule has 0 saturated carbocycles. The van der Waals surface area contributed by atoms with Crippen LogP contribution < -0.4 is 15.0 Å². The van der Waals surface area contributed by atoms with Crippen molar-refractivity contribution in [1.29, 1.82) is 0 Å². The number of amides is 1. The number of rotatable bonds is 6. The average Bonchev–Trinajstić information content (AvgIpc) is 2.90. The molecule has 2 aliphatic rings. The number of piperidine rings is 1. The maximum absolute atomic E-state index is 13.3. The summed E-state index contributed by atoms with van der Waals surface area (Å²) in [5, 5.41) is 1.03. The summed E-state index contributed by atoms with van der Waals surface area (Å²) in [6, 6.07) is 15.4. The minimum absolute atomic E-state index is 0.00557. The Bertz CT molecular complexity index is 1390. The first kappa shape index (κ1) is 27.5. The molecule has 0 atom stereocenters. The van der Waals surface area contributed by atoms with E-state index in [0.717, 1.165) is 59.2 Å². The molecule has 208 valence electrons. The van der Waals surface area contributed by atoms with E-state index in [0.29, 0.717) is 32.1 Å². The van der Waals surface area contributed by atoms with Crippen molar-refractivity contribution in [2.45, 2.75) is 58.3 Å². The Morgan fingerprint density at radius 1 is 1.03 bits per heavy atom. The molecule has 3 aromatic rings. The predicted octanol–water partition coefficient (Wildman–Crippen LogP) is 5.44. The van der Waals surface area contributed by atoms with Gasteiger partial charge in [0.25, 0.3) is 5.56 Å². The monoisotopic (exact) mass is 597 g/mol. The van der Waals surface area contributed by atoms with E-state index in [1.54, 1.807) is 6.07 Å². The summed E-state index contributed by atoms with van der Waals surface area (Å²) < 4.78 is 20.1. The molecule has 0 N–H and O–H groups in total. The van der Waals surface area contributed by atoms with E-state index in [4.69, 9.17) is 14.2 Å². The number of halogens is 1. The third-order valence-electron chi connectivity index (χ3n) is 7.20. The smallest absolute Gasteiger partial charge is 0.410 e. The van der Waals surface area contributed by atoms with E-state index in [-0.39, 0.29) is 17.7 Å². The largest absolute Gasteiger partial charge is 0.486 e. The lowest BCUT2D eigenvalue weighted by Gasteiger charge is -2.39.